The van der Waals surface area contributed by atoms with Gasteiger partial charge in [-0.15, -0.1) is 0 Å². The smallest absolute Gasteiger partial charge is 0.254 e. The number of nitriles is 1. The Morgan fingerprint density at radius 2 is 1.67 bits per heavy atom. The van der Waals surface area contributed by atoms with Crippen molar-refractivity contribution < 1.29 is 9.59 Å². The standard InChI is InChI=1S/C11H12N2O2/c12-8-11(6-2-1-3-7-11)13-9(14)4-5-10(13)15/h4-5H,1-3,6-7H2. The molecule has 1 aliphatic heterocycles. The first kappa shape index (κ1) is 9.91. The van der Waals surface area contributed by atoms with Crippen LogP contribution in [0.25, 0.3) is 0 Å². The lowest BCUT2D eigenvalue weighted by atomic mass is 9.81. The Hall–Kier alpha value is -1.63. The van der Waals surface area contributed by atoms with Crippen LogP contribution >= 0.6 is 0 Å². The molecule has 0 unspecified atom stereocenters. The van der Waals surface area contributed by atoms with Crippen LogP contribution in [0.15, 0.2) is 12.2 Å². The van der Waals surface area contributed by atoms with Crippen molar-refractivity contribution in [2.75, 3.05) is 0 Å². The lowest BCUT2D eigenvalue weighted by molar-refractivity contribution is -0.143. The van der Waals surface area contributed by atoms with Gasteiger partial charge in [-0.25, -0.2) is 0 Å². The van der Waals surface area contributed by atoms with Crippen LogP contribution in [0.3, 0.4) is 0 Å². The Kier molecular flexibility index (Phi) is 2.31. The zero-order valence-corrected chi connectivity index (χ0v) is 8.40. The summed E-state index contributed by atoms with van der Waals surface area (Å²) in [5.41, 5.74) is -0.879. The summed E-state index contributed by atoms with van der Waals surface area (Å²) in [5.74, 6) is -0.688. The van der Waals surface area contributed by atoms with E-state index in [4.69, 9.17) is 0 Å². The highest BCUT2D eigenvalue weighted by molar-refractivity contribution is 6.13. The summed E-state index contributed by atoms with van der Waals surface area (Å²) in [6, 6.07) is 2.16. The van der Waals surface area contributed by atoms with Crippen LogP contribution < -0.4 is 0 Å². The second-order valence-corrected chi connectivity index (χ2v) is 4.05. The van der Waals surface area contributed by atoms with E-state index in [2.05, 4.69) is 6.07 Å². The number of hydrogen-bond acceptors (Lipinski definition) is 3. The van der Waals surface area contributed by atoms with Crippen LogP contribution in [0, 0.1) is 11.3 Å². The van der Waals surface area contributed by atoms with Gasteiger partial charge in [0.15, 0.2) is 0 Å². The Morgan fingerprint density at radius 3 is 2.13 bits per heavy atom. The monoisotopic (exact) mass is 204 g/mol. The molecule has 4 nitrogen and oxygen atoms in total. The van der Waals surface area contributed by atoms with Gasteiger partial charge in [0.25, 0.3) is 11.8 Å². The predicted molar refractivity (Wildman–Crippen MR) is 52.4 cm³/mol. The van der Waals surface area contributed by atoms with Crippen molar-refractivity contribution in [1.82, 2.24) is 4.90 Å². The van der Waals surface area contributed by atoms with Gasteiger partial charge in [-0.2, -0.15) is 5.26 Å². The number of nitrogens with zero attached hydrogens (tertiary/aromatic N) is 2. The third kappa shape index (κ3) is 1.44. The fourth-order valence-corrected chi connectivity index (χ4v) is 2.34. The van der Waals surface area contributed by atoms with Crippen LogP contribution in [-0.2, 0) is 9.59 Å². The lowest BCUT2D eigenvalue weighted by Gasteiger charge is -2.37. The van der Waals surface area contributed by atoms with Crippen LogP contribution in [0.1, 0.15) is 32.1 Å². The van der Waals surface area contributed by atoms with E-state index in [1.54, 1.807) is 0 Å². The number of rotatable bonds is 1. The summed E-state index contributed by atoms with van der Waals surface area (Å²) in [6.07, 6.45) is 6.61. The molecular formula is C11H12N2O2. The van der Waals surface area contributed by atoms with Gasteiger partial charge in [0.1, 0.15) is 5.54 Å². The van der Waals surface area contributed by atoms with Gasteiger partial charge >= 0.3 is 0 Å². The molecule has 2 rings (SSSR count). The molecule has 1 aliphatic carbocycles. The van der Waals surface area contributed by atoms with Crippen molar-refractivity contribution in [3.05, 3.63) is 12.2 Å². The first-order valence-electron chi connectivity index (χ1n) is 5.17. The molecule has 4 heteroatoms. The molecule has 1 heterocycles. The van der Waals surface area contributed by atoms with E-state index in [0.717, 1.165) is 24.2 Å². The Bertz CT molecular complexity index is 355. The molecule has 0 radical (unpaired) electrons. The number of amides is 2. The third-order valence-corrected chi connectivity index (χ3v) is 3.13. The summed E-state index contributed by atoms with van der Waals surface area (Å²) in [7, 11) is 0. The second-order valence-electron chi connectivity index (χ2n) is 4.05. The first-order chi connectivity index (χ1) is 7.19. The maximum Gasteiger partial charge on any atom is 0.254 e. The van der Waals surface area contributed by atoms with Crippen LogP contribution in [0.2, 0.25) is 0 Å². The minimum Gasteiger partial charge on any atom is -0.269 e. The molecule has 0 N–H and O–H groups in total. The topological polar surface area (TPSA) is 61.2 Å². The highest BCUT2D eigenvalue weighted by atomic mass is 16.2. The summed E-state index contributed by atoms with van der Waals surface area (Å²) in [5, 5.41) is 9.21. The van der Waals surface area contributed by atoms with Gasteiger partial charge in [0.05, 0.1) is 6.07 Å². The Morgan fingerprint density at radius 1 is 1.13 bits per heavy atom. The maximum absolute atomic E-state index is 11.5. The van der Waals surface area contributed by atoms with Crippen molar-refractivity contribution in [3.63, 3.8) is 0 Å². The quantitative estimate of drug-likeness (QED) is 0.602. The fraction of sp³-hybridized carbons (Fsp3) is 0.545. The van der Waals surface area contributed by atoms with Gasteiger partial charge in [-0.05, 0) is 12.8 Å². The van der Waals surface area contributed by atoms with Crippen molar-refractivity contribution >= 4 is 11.8 Å². The third-order valence-electron chi connectivity index (χ3n) is 3.13. The van der Waals surface area contributed by atoms with Crippen LogP contribution in [-0.4, -0.2) is 22.3 Å². The van der Waals surface area contributed by atoms with Crippen molar-refractivity contribution in [2.45, 2.75) is 37.6 Å². The maximum atomic E-state index is 11.5. The molecule has 2 amide bonds. The highest BCUT2D eigenvalue weighted by Crippen LogP contribution is 2.34. The molecule has 1 saturated carbocycles. The molecule has 0 saturated heterocycles. The first-order valence-corrected chi connectivity index (χ1v) is 5.17. The minimum absolute atomic E-state index is 0.344. The van der Waals surface area contributed by atoms with E-state index in [1.807, 2.05) is 0 Å². The molecule has 15 heavy (non-hydrogen) atoms. The molecule has 0 aromatic heterocycles. The van der Waals surface area contributed by atoms with E-state index in [1.165, 1.54) is 12.2 Å². The van der Waals surface area contributed by atoms with Crippen LogP contribution in [0.4, 0.5) is 0 Å². The summed E-state index contributed by atoms with van der Waals surface area (Å²) < 4.78 is 0. The van der Waals surface area contributed by atoms with E-state index in [9.17, 15) is 14.9 Å². The van der Waals surface area contributed by atoms with Crippen molar-refractivity contribution in [2.24, 2.45) is 0 Å². The molecule has 0 atom stereocenters. The van der Waals surface area contributed by atoms with Crippen molar-refractivity contribution in [3.8, 4) is 6.07 Å². The fourth-order valence-electron chi connectivity index (χ4n) is 2.34. The van der Waals surface area contributed by atoms with Gasteiger partial charge in [0, 0.05) is 12.2 Å². The lowest BCUT2D eigenvalue weighted by Crippen LogP contribution is -2.52. The summed E-state index contributed by atoms with van der Waals surface area (Å²) in [4.78, 5) is 24.2. The van der Waals surface area contributed by atoms with E-state index in [-0.39, 0.29) is 11.8 Å². The zero-order valence-electron chi connectivity index (χ0n) is 8.40. The molecule has 1 fully saturated rings. The Labute approximate surface area is 88.2 Å². The molecule has 0 aromatic carbocycles. The number of carbonyl (C=O) groups is 2. The largest absolute Gasteiger partial charge is 0.269 e. The number of carbonyl (C=O) groups excluding carboxylic acids is 2. The van der Waals surface area contributed by atoms with Gasteiger partial charge in [-0.3, -0.25) is 14.5 Å². The zero-order chi connectivity index (χ0) is 10.9. The minimum atomic E-state index is -0.879. The molecule has 0 bridgehead atoms. The number of imide groups is 1. The SMILES string of the molecule is N#CC1(N2C(=O)C=CC2=O)CCCCC1. The normalized spacial score (nSPS) is 24.3. The molecule has 0 spiro atoms. The van der Waals surface area contributed by atoms with Gasteiger partial charge in [0.2, 0.25) is 0 Å². The average Bonchev–Trinajstić information content (AvgIpc) is 2.60. The summed E-state index contributed by atoms with van der Waals surface area (Å²) in [6.45, 7) is 0. The molecular weight excluding hydrogens is 192 g/mol. The van der Waals surface area contributed by atoms with Crippen LogP contribution in [0.5, 0.6) is 0 Å². The van der Waals surface area contributed by atoms with Crippen molar-refractivity contribution in [1.29, 1.82) is 5.26 Å². The molecule has 78 valence electrons. The molecule has 0 aromatic rings. The highest BCUT2D eigenvalue weighted by Gasteiger charge is 2.45. The summed E-state index contributed by atoms with van der Waals surface area (Å²) >= 11 is 0. The van der Waals surface area contributed by atoms with E-state index < -0.39 is 5.54 Å². The second kappa shape index (κ2) is 3.50. The van der Waals surface area contributed by atoms with Gasteiger partial charge < -0.3 is 0 Å². The predicted octanol–water partition coefficient (Wildman–Crippen LogP) is 1.14. The van der Waals surface area contributed by atoms with Gasteiger partial charge in [-0.1, -0.05) is 19.3 Å². The average molecular weight is 204 g/mol. The van der Waals surface area contributed by atoms with E-state index in [0.29, 0.717) is 12.8 Å². The number of hydrogen-bond donors (Lipinski definition) is 0. The van der Waals surface area contributed by atoms with E-state index >= 15 is 0 Å². The molecule has 2 aliphatic rings. The Balaban J connectivity index is 2.30.